The van der Waals surface area contributed by atoms with Gasteiger partial charge in [-0.15, -0.1) is 0 Å². The molecule has 31 heavy (non-hydrogen) atoms. The lowest BCUT2D eigenvalue weighted by atomic mass is 10.0. The smallest absolute Gasteiger partial charge is 0.286 e. The number of benzene rings is 2. The van der Waals surface area contributed by atoms with Gasteiger partial charge in [-0.25, -0.2) is 0 Å². The van der Waals surface area contributed by atoms with Gasteiger partial charge in [0, 0.05) is 5.56 Å². The Morgan fingerprint density at radius 3 is 2.23 bits per heavy atom. The normalized spacial score (nSPS) is 10.9. The number of carbonyl (C=O) groups excluding carboxylic acids is 2. The van der Waals surface area contributed by atoms with Crippen molar-refractivity contribution in [1.82, 2.24) is 14.8 Å². The maximum atomic E-state index is 12.9. The number of carbonyl (C=O) groups is 2. The monoisotopic (exact) mass is 415 g/mol. The fourth-order valence-corrected chi connectivity index (χ4v) is 3.30. The Balaban J connectivity index is 2.08. The zero-order valence-electron chi connectivity index (χ0n) is 16.4. The first-order valence-electron chi connectivity index (χ1n) is 9.25. The lowest BCUT2D eigenvalue weighted by molar-refractivity contribution is 0.0998. The minimum atomic E-state index is -1.06. The Morgan fingerprint density at radius 2 is 1.61 bits per heavy atom. The van der Waals surface area contributed by atoms with Gasteiger partial charge in [0.15, 0.2) is 0 Å². The van der Waals surface area contributed by atoms with Crippen molar-refractivity contribution in [2.45, 2.75) is 6.92 Å². The van der Waals surface area contributed by atoms with Gasteiger partial charge in [-0.1, -0.05) is 48.0 Å². The molecule has 0 saturated carbocycles. The third kappa shape index (κ3) is 3.27. The lowest BCUT2D eigenvalue weighted by Crippen LogP contribution is -2.33. The molecule has 2 heterocycles. The van der Waals surface area contributed by atoms with E-state index in [4.69, 9.17) is 11.5 Å². The molecule has 0 aliphatic carbocycles. The third-order valence-corrected chi connectivity index (χ3v) is 4.87. The summed E-state index contributed by atoms with van der Waals surface area (Å²) in [6.07, 6.45) is 0. The highest BCUT2D eigenvalue weighted by atomic mass is 16.2. The molecular weight excluding hydrogens is 398 g/mol. The van der Waals surface area contributed by atoms with E-state index in [1.807, 2.05) is 6.92 Å². The Morgan fingerprint density at radius 1 is 0.968 bits per heavy atom. The van der Waals surface area contributed by atoms with Crippen LogP contribution in [0.3, 0.4) is 0 Å². The Hall–Kier alpha value is -4.53. The van der Waals surface area contributed by atoms with E-state index >= 15 is 0 Å². The topological polar surface area (TPSA) is 154 Å². The van der Waals surface area contributed by atoms with Crippen LogP contribution in [-0.2, 0) is 0 Å². The number of aromatic amines is 1. The van der Waals surface area contributed by atoms with E-state index in [0.717, 1.165) is 10.2 Å². The molecule has 9 nitrogen and oxygen atoms in total. The van der Waals surface area contributed by atoms with Gasteiger partial charge in [-0.3, -0.25) is 19.2 Å². The second-order valence-corrected chi connectivity index (χ2v) is 6.95. The molecule has 154 valence electrons. The van der Waals surface area contributed by atoms with Crippen molar-refractivity contribution < 1.29 is 9.59 Å². The first-order chi connectivity index (χ1) is 14.8. The van der Waals surface area contributed by atoms with Crippen LogP contribution >= 0.6 is 0 Å². The number of rotatable bonds is 4. The largest absolute Gasteiger partial charge is 0.396 e. The number of hydrogen-bond acceptors (Lipinski definition) is 6. The second-order valence-electron chi connectivity index (χ2n) is 6.95. The number of fused-ring (bicyclic) bond motifs is 1. The molecule has 4 aromatic rings. The minimum absolute atomic E-state index is 0.0899. The first-order valence-corrected chi connectivity index (χ1v) is 9.25. The standard InChI is InChI=1S/C22H17N5O4/c1-11-7-9-13(10-8-11)27-22(31)15(20(24)29)17-18(26-27)16(23)14(21(30)25-17)19(28)12-5-3-2-4-6-12/h2-10H,23H2,1H3,(H2,24,29)(H,25,30). The van der Waals surface area contributed by atoms with Crippen LogP contribution in [0.15, 0.2) is 64.2 Å². The molecule has 0 spiro atoms. The number of nitrogens with zero attached hydrogens (tertiary/aromatic N) is 2. The summed E-state index contributed by atoms with van der Waals surface area (Å²) in [5.41, 5.74) is 10.1. The first kappa shape index (κ1) is 19.8. The summed E-state index contributed by atoms with van der Waals surface area (Å²) in [5, 5.41) is 4.24. The number of hydrogen-bond donors (Lipinski definition) is 3. The average Bonchev–Trinajstić information content (AvgIpc) is 2.74. The molecule has 4 rings (SSSR count). The van der Waals surface area contributed by atoms with Gasteiger partial charge in [0.2, 0.25) is 5.78 Å². The van der Waals surface area contributed by atoms with Crippen molar-refractivity contribution >= 4 is 28.4 Å². The van der Waals surface area contributed by atoms with E-state index in [-0.39, 0.29) is 27.8 Å². The zero-order valence-corrected chi connectivity index (χ0v) is 16.4. The number of aromatic nitrogens is 3. The van der Waals surface area contributed by atoms with Crippen LogP contribution < -0.4 is 22.6 Å². The van der Waals surface area contributed by atoms with Crippen molar-refractivity contribution in [2.24, 2.45) is 5.73 Å². The minimum Gasteiger partial charge on any atom is -0.396 e. The van der Waals surface area contributed by atoms with Crippen molar-refractivity contribution in [3.05, 3.63) is 97.6 Å². The van der Waals surface area contributed by atoms with Gasteiger partial charge < -0.3 is 16.5 Å². The number of ketones is 1. The highest BCUT2D eigenvalue weighted by Crippen LogP contribution is 2.22. The van der Waals surface area contributed by atoms with Crippen molar-refractivity contribution in [3.8, 4) is 5.69 Å². The second kappa shape index (κ2) is 7.38. The third-order valence-electron chi connectivity index (χ3n) is 4.87. The Bertz CT molecular complexity index is 1470. The number of anilines is 1. The van der Waals surface area contributed by atoms with Crippen LogP contribution in [0.2, 0.25) is 0 Å². The number of nitrogens with one attached hydrogen (secondary N) is 1. The van der Waals surface area contributed by atoms with Crippen LogP contribution in [0, 0.1) is 6.92 Å². The van der Waals surface area contributed by atoms with Gasteiger partial charge in [0.05, 0.1) is 16.9 Å². The van der Waals surface area contributed by atoms with Crippen molar-refractivity contribution in [3.63, 3.8) is 0 Å². The molecule has 0 radical (unpaired) electrons. The summed E-state index contributed by atoms with van der Waals surface area (Å²) in [6, 6.07) is 14.9. The summed E-state index contributed by atoms with van der Waals surface area (Å²) >= 11 is 0. The van der Waals surface area contributed by atoms with Gasteiger partial charge in [-0.05, 0) is 19.1 Å². The number of aryl methyl sites for hydroxylation is 1. The molecule has 0 aliphatic heterocycles. The summed E-state index contributed by atoms with van der Waals surface area (Å²) in [4.78, 5) is 53.0. The van der Waals surface area contributed by atoms with E-state index < -0.39 is 28.4 Å². The molecule has 0 saturated heterocycles. The summed E-state index contributed by atoms with van der Waals surface area (Å²) in [5.74, 6) is -1.67. The highest BCUT2D eigenvalue weighted by Gasteiger charge is 2.25. The molecule has 9 heteroatoms. The zero-order chi connectivity index (χ0) is 22.3. The van der Waals surface area contributed by atoms with Gasteiger partial charge >= 0.3 is 0 Å². The molecule has 0 aliphatic rings. The number of primary amides is 1. The number of nitrogens with two attached hydrogens (primary N) is 2. The van der Waals surface area contributed by atoms with E-state index in [2.05, 4.69) is 10.1 Å². The molecular formula is C22H17N5O4. The maximum Gasteiger partial charge on any atom is 0.286 e. The quantitative estimate of drug-likeness (QED) is 0.427. The SMILES string of the molecule is Cc1ccc(-n2nc3c(N)c(C(=O)c4ccccc4)c(=O)[nH]c3c(C(N)=O)c2=O)cc1. The van der Waals surface area contributed by atoms with E-state index in [0.29, 0.717) is 5.69 Å². The molecule has 1 amide bonds. The van der Waals surface area contributed by atoms with Crippen LogP contribution in [-0.4, -0.2) is 26.5 Å². The number of amides is 1. The molecule has 0 bridgehead atoms. The summed E-state index contributed by atoms with van der Waals surface area (Å²) < 4.78 is 0.966. The van der Waals surface area contributed by atoms with Crippen LogP contribution in [0.25, 0.3) is 16.7 Å². The Labute approximate surface area is 174 Å². The lowest BCUT2D eigenvalue weighted by Gasteiger charge is -2.12. The van der Waals surface area contributed by atoms with Gasteiger partial charge in [0.25, 0.3) is 17.0 Å². The maximum absolute atomic E-state index is 12.9. The number of H-pyrrole nitrogens is 1. The van der Waals surface area contributed by atoms with Crippen molar-refractivity contribution in [1.29, 1.82) is 0 Å². The van der Waals surface area contributed by atoms with E-state index in [9.17, 15) is 19.2 Å². The Kier molecular flexibility index (Phi) is 4.70. The van der Waals surface area contributed by atoms with Crippen LogP contribution in [0.4, 0.5) is 5.69 Å². The fourth-order valence-electron chi connectivity index (χ4n) is 3.30. The molecule has 0 atom stereocenters. The summed E-state index contributed by atoms with van der Waals surface area (Å²) in [6.45, 7) is 1.87. The predicted molar refractivity (Wildman–Crippen MR) is 116 cm³/mol. The molecule has 2 aromatic heterocycles. The molecule has 0 unspecified atom stereocenters. The van der Waals surface area contributed by atoms with E-state index in [1.165, 1.54) is 0 Å². The van der Waals surface area contributed by atoms with Crippen LogP contribution in [0.5, 0.6) is 0 Å². The van der Waals surface area contributed by atoms with Crippen LogP contribution in [0.1, 0.15) is 31.8 Å². The number of pyridine rings is 1. The van der Waals surface area contributed by atoms with Gasteiger partial charge in [-0.2, -0.15) is 9.78 Å². The number of nitrogen functional groups attached to an aromatic ring is 1. The van der Waals surface area contributed by atoms with Crippen molar-refractivity contribution in [2.75, 3.05) is 5.73 Å². The fraction of sp³-hybridized carbons (Fsp3) is 0.0455. The van der Waals surface area contributed by atoms with E-state index in [1.54, 1.807) is 54.6 Å². The summed E-state index contributed by atoms with van der Waals surface area (Å²) in [7, 11) is 0. The molecule has 5 N–H and O–H groups in total. The molecule has 2 aromatic carbocycles. The average molecular weight is 415 g/mol. The van der Waals surface area contributed by atoms with Gasteiger partial charge in [0.1, 0.15) is 16.6 Å². The predicted octanol–water partition coefficient (Wildman–Crippen LogP) is 1.29. The highest BCUT2D eigenvalue weighted by molar-refractivity contribution is 6.16. The molecule has 0 fully saturated rings.